The molecule has 0 aromatic heterocycles. The van der Waals surface area contributed by atoms with E-state index in [0.29, 0.717) is 5.02 Å². The van der Waals surface area contributed by atoms with Crippen LogP contribution in [0.4, 0.5) is 0 Å². The molecule has 1 rings (SSSR count). The van der Waals surface area contributed by atoms with Gasteiger partial charge in [0.25, 0.3) is 5.91 Å². The van der Waals surface area contributed by atoms with Crippen molar-refractivity contribution in [2.45, 2.75) is 0 Å². The number of ether oxygens (including phenoxy) is 1. The van der Waals surface area contributed by atoms with Crippen molar-refractivity contribution in [3.63, 3.8) is 0 Å². The summed E-state index contributed by atoms with van der Waals surface area (Å²) in [6.07, 6.45) is 0. The highest BCUT2D eigenvalue weighted by Crippen LogP contribution is 2.31. The molecule has 1 amide bonds. The quantitative estimate of drug-likeness (QED) is 0.847. The van der Waals surface area contributed by atoms with Gasteiger partial charge in [-0.2, -0.15) is 5.26 Å². The lowest BCUT2D eigenvalue weighted by Crippen LogP contribution is -2.24. The van der Waals surface area contributed by atoms with Crippen LogP contribution in [0.15, 0.2) is 12.1 Å². The fraction of sp³-hybridized carbons (Fsp3) is 0.200. The van der Waals surface area contributed by atoms with Gasteiger partial charge in [-0.1, -0.05) is 23.2 Å². The number of carbonyl (C=O) groups is 1. The second-order valence-corrected chi connectivity index (χ2v) is 3.65. The number of hydrogen-bond donors (Lipinski definition) is 1. The van der Waals surface area contributed by atoms with Gasteiger partial charge in [0.1, 0.15) is 12.3 Å². The van der Waals surface area contributed by atoms with Crippen LogP contribution in [-0.4, -0.2) is 19.6 Å². The maximum absolute atomic E-state index is 11.6. The average Bonchev–Trinajstić information content (AvgIpc) is 2.24. The Morgan fingerprint density at radius 2 is 2.25 bits per heavy atom. The minimum atomic E-state index is -0.456. The Kier molecular flexibility index (Phi) is 4.41. The zero-order chi connectivity index (χ0) is 12.1. The van der Waals surface area contributed by atoms with Gasteiger partial charge in [-0.15, -0.1) is 0 Å². The highest BCUT2D eigenvalue weighted by Gasteiger charge is 2.16. The topological polar surface area (TPSA) is 62.1 Å². The molecule has 0 aliphatic heterocycles. The van der Waals surface area contributed by atoms with Gasteiger partial charge in [0.05, 0.1) is 23.8 Å². The molecule has 84 valence electrons. The Morgan fingerprint density at radius 3 is 2.81 bits per heavy atom. The fourth-order valence-electron chi connectivity index (χ4n) is 1.15. The highest BCUT2D eigenvalue weighted by atomic mass is 35.5. The molecule has 0 fully saturated rings. The first-order chi connectivity index (χ1) is 7.60. The minimum Gasteiger partial charge on any atom is -0.494 e. The second-order valence-electron chi connectivity index (χ2n) is 2.81. The van der Waals surface area contributed by atoms with Gasteiger partial charge in [-0.3, -0.25) is 4.79 Å². The largest absolute Gasteiger partial charge is 0.494 e. The molecule has 0 aliphatic carbocycles. The Hall–Kier alpha value is -1.44. The molecule has 16 heavy (non-hydrogen) atoms. The van der Waals surface area contributed by atoms with Gasteiger partial charge in [0.2, 0.25) is 0 Å². The van der Waals surface area contributed by atoms with Crippen LogP contribution in [0.3, 0.4) is 0 Å². The van der Waals surface area contributed by atoms with Crippen LogP contribution in [0.5, 0.6) is 5.75 Å². The smallest absolute Gasteiger partial charge is 0.255 e. The number of halogens is 2. The molecule has 0 bridgehead atoms. The molecule has 1 aromatic carbocycles. The maximum Gasteiger partial charge on any atom is 0.255 e. The first-order valence-corrected chi connectivity index (χ1v) is 5.04. The van der Waals surface area contributed by atoms with E-state index in [1.54, 1.807) is 6.07 Å². The number of nitrogens with one attached hydrogen (secondary N) is 1. The van der Waals surface area contributed by atoms with E-state index in [4.69, 9.17) is 33.2 Å². The Morgan fingerprint density at radius 1 is 1.56 bits per heavy atom. The molecule has 0 heterocycles. The monoisotopic (exact) mass is 258 g/mol. The SMILES string of the molecule is COc1c(Cl)cc(Cl)cc1C(=O)NCC#N. The number of hydrogen-bond acceptors (Lipinski definition) is 3. The number of benzene rings is 1. The molecule has 0 unspecified atom stereocenters. The predicted molar refractivity (Wildman–Crippen MR) is 61.0 cm³/mol. The Balaban J connectivity index is 3.11. The average molecular weight is 259 g/mol. The lowest BCUT2D eigenvalue weighted by Gasteiger charge is -2.09. The predicted octanol–water partition coefficient (Wildman–Crippen LogP) is 2.26. The van der Waals surface area contributed by atoms with Gasteiger partial charge in [0.15, 0.2) is 0 Å². The standard InChI is InChI=1S/C10H8Cl2N2O2/c1-16-9-7(10(15)14-3-2-13)4-6(11)5-8(9)12/h4-5H,3H2,1H3,(H,14,15). The number of rotatable bonds is 3. The summed E-state index contributed by atoms with van der Waals surface area (Å²) in [6.45, 7) is -0.0912. The second kappa shape index (κ2) is 5.59. The summed E-state index contributed by atoms with van der Waals surface area (Å²) in [7, 11) is 1.40. The molecule has 1 N–H and O–H groups in total. The molecule has 6 heteroatoms. The van der Waals surface area contributed by atoms with E-state index in [1.807, 2.05) is 0 Å². The maximum atomic E-state index is 11.6. The summed E-state index contributed by atoms with van der Waals surface area (Å²) < 4.78 is 5.00. The molecular weight excluding hydrogens is 251 g/mol. The number of carbonyl (C=O) groups excluding carboxylic acids is 1. The van der Waals surface area contributed by atoms with Crippen molar-refractivity contribution < 1.29 is 9.53 Å². The number of nitrogens with zero attached hydrogens (tertiary/aromatic N) is 1. The molecule has 0 radical (unpaired) electrons. The molecule has 0 aliphatic rings. The van der Waals surface area contributed by atoms with Gasteiger partial charge < -0.3 is 10.1 Å². The van der Waals surface area contributed by atoms with Gasteiger partial charge in [-0.25, -0.2) is 0 Å². The van der Waals surface area contributed by atoms with E-state index in [0.717, 1.165) is 0 Å². The third-order valence-electron chi connectivity index (χ3n) is 1.79. The summed E-state index contributed by atoms with van der Waals surface area (Å²) in [5.41, 5.74) is 0.204. The normalized spacial score (nSPS) is 9.38. The van der Waals surface area contributed by atoms with Crippen LogP contribution in [-0.2, 0) is 0 Å². The number of nitriles is 1. The highest BCUT2D eigenvalue weighted by molar-refractivity contribution is 6.36. The third kappa shape index (κ3) is 2.78. The van der Waals surface area contributed by atoms with Crippen molar-refractivity contribution >= 4 is 29.1 Å². The van der Waals surface area contributed by atoms with Crippen molar-refractivity contribution in [1.82, 2.24) is 5.32 Å². The number of amides is 1. The van der Waals surface area contributed by atoms with E-state index in [2.05, 4.69) is 5.32 Å². The van der Waals surface area contributed by atoms with Gasteiger partial charge >= 0.3 is 0 Å². The van der Waals surface area contributed by atoms with E-state index >= 15 is 0 Å². The summed E-state index contributed by atoms with van der Waals surface area (Å²) in [5.74, 6) is -0.218. The fourth-order valence-corrected chi connectivity index (χ4v) is 1.72. The van der Waals surface area contributed by atoms with Crippen LogP contribution in [0.2, 0.25) is 10.0 Å². The third-order valence-corrected chi connectivity index (χ3v) is 2.28. The van der Waals surface area contributed by atoms with Crippen LogP contribution < -0.4 is 10.1 Å². The molecule has 1 aromatic rings. The zero-order valence-electron chi connectivity index (χ0n) is 8.38. The molecule has 0 saturated heterocycles. The molecular formula is C10H8Cl2N2O2. The summed E-state index contributed by atoms with van der Waals surface area (Å²) in [5, 5.41) is 11.3. The molecule has 0 atom stereocenters. The van der Waals surface area contributed by atoms with E-state index in [1.165, 1.54) is 19.2 Å². The first-order valence-electron chi connectivity index (χ1n) is 4.28. The van der Waals surface area contributed by atoms with Crippen LogP contribution >= 0.6 is 23.2 Å². The van der Waals surface area contributed by atoms with Gasteiger partial charge in [0, 0.05) is 5.02 Å². The van der Waals surface area contributed by atoms with E-state index in [9.17, 15) is 4.79 Å². The van der Waals surface area contributed by atoms with Crippen LogP contribution in [0, 0.1) is 11.3 Å². The minimum absolute atomic E-state index is 0.0912. The molecule has 4 nitrogen and oxygen atoms in total. The summed E-state index contributed by atoms with van der Waals surface area (Å²) >= 11 is 11.6. The van der Waals surface area contributed by atoms with E-state index < -0.39 is 5.91 Å². The van der Waals surface area contributed by atoms with Crippen molar-refractivity contribution in [2.75, 3.05) is 13.7 Å². The van der Waals surface area contributed by atoms with Crippen LogP contribution in [0.1, 0.15) is 10.4 Å². The van der Waals surface area contributed by atoms with Crippen molar-refractivity contribution in [3.05, 3.63) is 27.7 Å². The van der Waals surface area contributed by atoms with Crippen molar-refractivity contribution in [3.8, 4) is 11.8 Å². The number of methoxy groups -OCH3 is 1. The summed E-state index contributed by atoms with van der Waals surface area (Å²) in [6, 6.07) is 4.70. The molecule has 0 spiro atoms. The van der Waals surface area contributed by atoms with Crippen molar-refractivity contribution in [1.29, 1.82) is 5.26 Å². The summed E-state index contributed by atoms with van der Waals surface area (Å²) in [4.78, 5) is 11.6. The van der Waals surface area contributed by atoms with Crippen molar-refractivity contribution in [2.24, 2.45) is 0 Å². The lowest BCUT2D eigenvalue weighted by atomic mass is 10.2. The Labute approximate surface area is 103 Å². The van der Waals surface area contributed by atoms with Gasteiger partial charge in [-0.05, 0) is 12.1 Å². The lowest BCUT2D eigenvalue weighted by molar-refractivity contribution is 0.0955. The van der Waals surface area contributed by atoms with Crippen LogP contribution in [0.25, 0.3) is 0 Å². The molecule has 0 saturated carbocycles. The van der Waals surface area contributed by atoms with E-state index in [-0.39, 0.29) is 22.9 Å². The zero-order valence-corrected chi connectivity index (χ0v) is 9.89. The Bertz CT molecular complexity index is 455. The first kappa shape index (κ1) is 12.6.